The van der Waals surface area contributed by atoms with Gasteiger partial charge in [-0.3, -0.25) is 14.9 Å². The summed E-state index contributed by atoms with van der Waals surface area (Å²) in [5, 5.41) is 5.65. The largest absolute Gasteiger partial charge is 0.494 e. The molecule has 2 amide bonds. The highest BCUT2D eigenvalue weighted by Gasteiger charge is 2.30. The number of amides is 2. The summed E-state index contributed by atoms with van der Waals surface area (Å²) < 4.78 is 5.41. The highest BCUT2D eigenvalue weighted by atomic mass is 16.5. The van der Waals surface area contributed by atoms with Crippen LogP contribution in [0.25, 0.3) is 0 Å². The van der Waals surface area contributed by atoms with Crippen molar-refractivity contribution in [2.45, 2.75) is 19.4 Å². The second-order valence-electron chi connectivity index (χ2n) is 7.33. The SMILES string of the molecule is CCOc1ccc(NC(=O)[C@H]2CC(=O)NC(N3CCN(c4ccccn4)CC3)=N2)cc1. The van der Waals surface area contributed by atoms with Crippen LogP contribution < -0.4 is 20.3 Å². The van der Waals surface area contributed by atoms with Gasteiger partial charge in [-0.15, -0.1) is 0 Å². The number of carbonyl (C=O) groups is 2. The number of hydrogen-bond acceptors (Lipinski definition) is 7. The number of guanidine groups is 1. The smallest absolute Gasteiger partial charge is 0.249 e. The van der Waals surface area contributed by atoms with Gasteiger partial charge in [0.1, 0.15) is 17.6 Å². The predicted molar refractivity (Wildman–Crippen MR) is 118 cm³/mol. The van der Waals surface area contributed by atoms with Gasteiger partial charge in [0.25, 0.3) is 0 Å². The van der Waals surface area contributed by atoms with E-state index in [-0.39, 0.29) is 18.2 Å². The molecule has 0 aliphatic carbocycles. The molecule has 0 bridgehead atoms. The van der Waals surface area contributed by atoms with Crippen molar-refractivity contribution in [1.82, 2.24) is 15.2 Å². The minimum atomic E-state index is -0.760. The van der Waals surface area contributed by atoms with Gasteiger partial charge >= 0.3 is 0 Å². The molecule has 1 aromatic carbocycles. The molecule has 2 N–H and O–H groups in total. The highest BCUT2D eigenvalue weighted by molar-refractivity contribution is 6.06. The molecule has 0 radical (unpaired) electrons. The number of anilines is 2. The molecular weight excluding hydrogens is 396 g/mol. The lowest BCUT2D eigenvalue weighted by Crippen LogP contribution is -2.56. The first-order valence-corrected chi connectivity index (χ1v) is 10.4. The van der Waals surface area contributed by atoms with Crippen LogP contribution in [0.4, 0.5) is 11.5 Å². The summed E-state index contributed by atoms with van der Waals surface area (Å²) in [4.78, 5) is 38.1. The number of piperazine rings is 1. The van der Waals surface area contributed by atoms with E-state index in [2.05, 4.69) is 25.5 Å². The van der Waals surface area contributed by atoms with Crippen molar-refractivity contribution in [3.05, 3.63) is 48.7 Å². The van der Waals surface area contributed by atoms with E-state index in [9.17, 15) is 9.59 Å². The van der Waals surface area contributed by atoms with E-state index in [0.29, 0.717) is 31.3 Å². The zero-order chi connectivity index (χ0) is 21.6. The maximum Gasteiger partial charge on any atom is 0.249 e. The van der Waals surface area contributed by atoms with Gasteiger partial charge in [0.15, 0.2) is 0 Å². The van der Waals surface area contributed by atoms with Gasteiger partial charge in [0, 0.05) is 38.1 Å². The lowest BCUT2D eigenvalue weighted by atomic mass is 10.1. The molecule has 9 heteroatoms. The topological polar surface area (TPSA) is 99.2 Å². The second kappa shape index (κ2) is 9.46. The minimum absolute atomic E-state index is 0.0280. The number of nitrogens with zero attached hydrogens (tertiary/aromatic N) is 4. The Hall–Kier alpha value is -3.62. The summed E-state index contributed by atoms with van der Waals surface area (Å²) in [6.07, 6.45) is 1.81. The Morgan fingerprint density at radius 3 is 2.55 bits per heavy atom. The third kappa shape index (κ3) is 5.11. The van der Waals surface area contributed by atoms with Gasteiger partial charge in [-0.05, 0) is 43.3 Å². The van der Waals surface area contributed by atoms with Gasteiger partial charge < -0.3 is 19.9 Å². The summed E-state index contributed by atoms with van der Waals surface area (Å²) >= 11 is 0. The van der Waals surface area contributed by atoms with E-state index in [1.54, 1.807) is 30.5 Å². The van der Waals surface area contributed by atoms with E-state index in [4.69, 9.17) is 4.74 Å². The monoisotopic (exact) mass is 422 g/mol. The minimum Gasteiger partial charge on any atom is -0.494 e. The lowest BCUT2D eigenvalue weighted by Gasteiger charge is -2.38. The van der Waals surface area contributed by atoms with Crippen molar-refractivity contribution < 1.29 is 14.3 Å². The fourth-order valence-electron chi connectivity index (χ4n) is 3.60. The van der Waals surface area contributed by atoms with Crippen LogP contribution in [0.5, 0.6) is 5.75 Å². The first kappa shape index (κ1) is 20.6. The van der Waals surface area contributed by atoms with E-state index in [0.717, 1.165) is 24.7 Å². The number of ether oxygens (including phenoxy) is 1. The molecule has 1 fully saturated rings. The lowest BCUT2D eigenvalue weighted by molar-refractivity contribution is -0.125. The molecule has 0 spiro atoms. The van der Waals surface area contributed by atoms with E-state index in [1.807, 2.05) is 30.0 Å². The Morgan fingerprint density at radius 1 is 1.13 bits per heavy atom. The second-order valence-corrected chi connectivity index (χ2v) is 7.33. The van der Waals surface area contributed by atoms with Crippen molar-refractivity contribution in [2.24, 2.45) is 4.99 Å². The van der Waals surface area contributed by atoms with Crippen molar-refractivity contribution in [3.8, 4) is 5.75 Å². The molecule has 3 heterocycles. The number of rotatable bonds is 5. The number of carbonyl (C=O) groups excluding carboxylic acids is 2. The summed E-state index contributed by atoms with van der Waals surface area (Å²) in [5.41, 5.74) is 0.639. The Kier molecular flexibility index (Phi) is 6.30. The number of pyridine rings is 1. The third-order valence-electron chi connectivity index (χ3n) is 5.20. The van der Waals surface area contributed by atoms with Crippen LogP contribution in [0.3, 0.4) is 0 Å². The molecule has 2 aliphatic rings. The highest BCUT2D eigenvalue weighted by Crippen LogP contribution is 2.18. The van der Waals surface area contributed by atoms with Gasteiger partial charge in [-0.25, -0.2) is 9.98 Å². The van der Waals surface area contributed by atoms with E-state index >= 15 is 0 Å². The van der Waals surface area contributed by atoms with Crippen molar-refractivity contribution in [2.75, 3.05) is 43.0 Å². The summed E-state index contributed by atoms with van der Waals surface area (Å²) in [6, 6.07) is 12.2. The molecule has 0 unspecified atom stereocenters. The van der Waals surface area contributed by atoms with Crippen LogP contribution in [-0.4, -0.2) is 66.5 Å². The van der Waals surface area contributed by atoms with Crippen molar-refractivity contribution in [1.29, 1.82) is 0 Å². The molecule has 2 aromatic rings. The Morgan fingerprint density at radius 2 is 1.87 bits per heavy atom. The average Bonchev–Trinajstić information content (AvgIpc) is 2.81. The number of hydrogen-bond donors (Lipinski definition) is 2. The maximum absolute atomic E-state index is 12.7. The molecule has 9 nitrogen and oxygen atoms in total. The van der Waals surface area contributed by atoms with E-state index in [1.165, 1.54) is 0 Å². The molecule has 4 rings (SSSR count). The molecule has 1 saturated heterocycles. The zero-order valence-electron chi connectivity index (χ0n) is 17.5. The molecule has 1 aromatic heterocycles. The van der Waals surface area contributed by atoms with Crippen LogP contribution in [0.1, 0.15) is 13.3 Å². The maximum atomic E-state index is 12.7. The quantitative estimate of drug-likeness (QED) is 0.757. The first-order chi connectivity index (χ1) is 15.1. The zero-order valence-corrected chi connectivity index (χ0v) is 17.5. The van der Waals surface area contributed by atoms with Gasteiger partial charge in [-0.2, -0.15) is 0 Å². The number of nitrogens with one attached hydrogen (secondary N) is 2. The average molecular weight is 422 g/mol. The summed E-state index contributed by atoms with van der Waals surface area (Å²) in [5.74, 6) is 1.63. The molecule has 2 aliphatic heterocycles. The number of aliphatic imine (C=N–C) groups is 1. The molecule has 162 valence electrons. The molecular formula is C22H26N6O3. The number of aromatic nitrogens is 1. The van der Waals surface area contributed by atoms with Gasteiger partial charge in [-0.1, -0.05) is 6.07 Å². The van der Waals surface area contributed by atoms with Crippen LogP contribution >= 0.6 is 0 Å². The third-order valence-corrected chi connectivity index (χ3v) is 5.20. The van der Waals surface area contributed by atoms with Crippen molar-refractivity contribution in [3.63, 3.8) is 0 Å². The summed E-state index contributed by atoms with van der Waals surface area (Å²) in [6.45, 7) is 5.38. The normalized spacial score (nSPS) is 18.8. The fourth-order valence-corrected chi connectivity index (χ4v) is 3.60. The Balaban J connectivity index is 1.38. The molecule has 1 atom stereocenters. The Labute approximate surface area is 181 Å². The van der Waals surface area contributed by atoms with Crippen LogP contribution in [0.15, 0.2) is 53.7 Å². The van der Waals surface area contributed by atoms with Crippen LogP contribution in [0, 0.1) is 0 Å². The van der Waals surface area contributed by atoms with Crippen LogP contribution in [0.2, 0.25) is 0 Å². The van der Waals surface area contributed by atoms with Gasteiger partial charge in [0.05, 0.1) is 13.0 Å². The summed E-state index contributed by atoms with van der Waals surface area (Å²) in [7, 11) is 0. The predicted octanol–water partition coefficient (Wildman–Crippen LogP) is 1.49. The van der Waals surface area contributed by atoms with Gasteiger partial charge in [0.2, 0.25) is 17.8 Å². The number of benzene rings is 1. The fraction of sp³-hybridized carbons (Fsp3) is 0.364. The Bertz CT molecular complexity index is 939. The molecule has 0 saturated carbocycles. The van der Waals surface area contributed by atoms with E-state index < -0.39 is 6.04 Å². The van der Waals surface area contributed by atoms with Crippen molar-refractivity contribution >= 4 is 29.3 Å². The van der Waals surface area contributed by atoms with Crippen LogP contribution in [-0.2, 0) is 9.59 Å². The first-order valence-electron chi connectivity index (χ1n) is 10.4. The molecule has 31 heavy (non-hydrogen) atoms. The standard InChI is InChI=1S/C22H26N6O3/c1-2-31-17-8-6-16(7-9-17)24-21(30)18-15-20(29)26-22(25-18)28-13-11-27(12-14-28)19-5-3-4-10-23-19/h3-10,18H,2,11-15H2,1H3,(H,24,30)(H,25,26,29)/t18-/m1/s1.